The van der Waals surface area contributed by atoms with Crippen molar-refractivity contribution < 1.29 is 28.7 Å². The molecule has 0 bridgehead atoms. The van der Waals surface area contributed by atoms with Crippen LogP contribution in [0, 0.1) is 24.7 Å². The number of rotatable bonds is 4. The van der Waals surface area contributed by atoms with Gasteiger partial charge in [0.25, 0.3) is 23.6 Å². The van der Waals surface area contributed by atoms with Gasteiger partial charge in [0.2, 0.25) is 0 Å². The highest BCUT2D eigenvalue weighted by atomic mass is 16.5. The lowest BCUT2D eigenvalue weighted by Crippen LogP contribution is -2.32. The van der Waals surface area contributed by atoms with Gasteiger partial charge in [0.05, 0.1) is 39.2 Å². The molecule has 1 saturated carbocycles. The third kappa shape index (κ3) is 4.27. The van der Waals surface area contributed by atoms with Crippen molar-refractivity contribution >= 4 is 41.0 Å². The van der Waals surface area contributed by atoms with Crippen molar-refractivity contribution in [1.29, 1.82) is 0 Å². The second-order valence-corrected chi connectivity index (χ2v) is 10.1. The van der Waals surface area contributed by atoms with E-state index < -0.39 is 29.6 Å². The highest BCUT2D eigenvalue weighted by Gasteiger charge is 2.40. The Kier molecular flexibility index (Phi) is 6.25. The molecule has 3 aliphatic rings. The van der Waals surface area contributed by atoms with Gasteiger partial charge >= 0.3 is 5.97 Å². The minimum absolute atomic E-state index is 0.00687. The number of esters is 1. The molecule has 0 spiro atoms. The highest BCUT2D eigenvalue weighted by molar-refractivity contribution is 6.36. The standard InChI is InChI=1S/C33H22N2O6/c1-3-19-10-12-25-27(14-19)31(38)34(29(25)36)22-16-21(33(40)41-24-8-6-5-7-9-24)17-23(18-22)35-30(37)26-13-11-20(4-2)15-28(26)32(35)39/h1-2,10-18,24H,5-9H2. The summed E-state index contributed by atoms with van der Waals surface area (Å²) in [6.45, 7) is 0. The summed E-state index contributed by atoms with van der Waals surface area (Å²) >= 11 is 0. The molecule has 200 valence electrons. The van der Waals surface area contributed by atoms with Crippen LogP contribution in [0.1, 0.15) is 95.0 Å². The molecule has 3 aromatic rings. The van der Waals surface area contributed by atoms with Crippen molar-refractivity contribution in [3.63, 3.8) is 0 Å². The number of amides is 4. The number of hydrogen-bond acceptors (Lipinski definition) is 6. The number of imide groups is 2. The minimum Gasteiger partial charge on any atom is -0.459 e. The smallest absolute Gasteiger partial charge is 0.338 e. The Morgan fingerprint density at radius 2 is 1.12 bits per heavy atom. The fraction of sp³-hybridized carbons (Fsp3) is 0.182. The van der Waals surface area contributed by atoms with Gasteiger partial charge in [-0.2, -0.15) is 0 Å². The maximum Gasteiger partial charge on any atom is 0.338 e. The average Bonchev–Trinajstić information content (AvgIpc) is 3.40. The third-order valence-corrected chi connectivity index (χ3v) is 7.59. The molecule has 0 unspecified atom stereocenters. The molecule has 4 amide bonds. The van der Waals surface area contributed by atoms with E-state index in [4.69, 9.17) is 17.6 Å². The van der Waals surface area contributed by atoms with E-state index in [1.165, 1.54) is 42.5 Å². The van der Waals surface area contributed by atoms with E-state index >= 15 is 0 Å². The Hall–Kier alpha value is -5.47. The molecule has 8 nitrogen and oxygen atoms in total. The summed E-state index contributed by atoms with van der Waals surface area (Å²) in [6.07, 6.45) is 15.1. The second kappa shape index (κ2) is 9.93. The Labute approximate surface area is 235 Å². The Bertz CT molecular complexity index is 1670. The lowest BCUT2D eigenvalue weighted by Gasteiger charge is -2.23. The van der Waals surface area contributed by atoms with E-state index in [1.54, 1.807) is 12.1 Å². The molecular formula is C33H22N2O6. The molecule has 41 heavy (non-hydrogen) atoms. The number of hydrogen-bond donors (Lipinski definition) is 0. The first-order valence-electron chi connectivity index (χ1n) is 13.2. The SMILES string of the molecule is C#Cc1ccc2c(c1)C(=O)N(c1cc(C(=O)OC3CCCCC3)cc(N3C(=O)c4ccc(C#C)cc4C3=O)c1)C2=O. The van der Waals surface area contributed by atoms with Crippen LogP contribution in [-0.2, 0) is 4.74 Å². The van der Waals surface area contributed by atoms with Crippen molar-refractivity contribution in [1.82, 2.24) is 0 Å². The van der Waals surface area contributed by atoms with Gasteiger partial charge in [-0.3, -0.25) is 19.2 Å². The van der Waals surface area contributed by atoms with Crippen LogP contribution in [0.25, 0.3) is 0 Å². The molecule has 0 saturated heterocycles. The summed E-state index contributed by atoms with van der Waals surface area (Å²) in [5, 5.41) is 0. The van der Waals surface area contributed by atoms with Gasteiger partial charge in [-0.1, -0.05) is 18.3 Å². The Balaban J connectivity index is 1.44. The third-order valence-electron chi connectivity index (χ3n) is 7.59. The summed E-state index contributed by atoms with van der Waals surface area (Å²) in [5.41, 5.74) is 1.38. The number of anilines is 2. The number of nitrogens with zero attached hydrogens (tertiary/aromatic N) is 2. The monoisotopic (exact) mass is 542 g/mol. The summed E-state index contributed by atoms with van der Waals surface area (Å²) < 4.78 is 5.74. The van der Waals surface area contributed by atoms with Crippen LogP contribution in [0.15, 0.2) is 54.6 Å². The zero-order valence-corrected chi connectivity index (χ0v) is 21.8. The first-order valence-corrected chi connectivity index (χ1v) is 13.2. The van der Waals surface area contributed by atoms with Crippen LogP contribution in [0.4, 0.5) is 11.4 Å². The van der Waals surface area contributed by atoms with Crippen LogP contribution in [0.5, 0.6) is 0 Å². The number of fused-ring (bicyclic) bond motifs is 2. The average molecular weight is 543 g/mol. The van der Waals surface area contributed by atoms with Gasteiger partial charge in [-0.25, -0.2) is 14.6 Å². The Morgan fingerprint density at radius 1 is 0.659 bits per heavy atom. The lowest BCUT2D eigenvalue weighted by molar-refractivity contribution is 0.0210. The summed E-state index contributed by atoms with van der Waals surface area (Å²) in [5.74, 6) is 1.66. The van der Waals surface area contributed by atoms with Crippen molar-refractivity contribution in [2.24, 2.45) is 0 Å². The number of terminal acetylenes is 2. The van der Waals surface area contributed by atoms with Crippen LogP contribution in [-0.4, -0.2) is 35.7 Å². The fourth-order valence-corrected chi connectivity index (χ4v) is 5.50. The normalized spacial score (nSPS) is 16.3. The zero-order chi connectivity index (χ0) is 28.8. The van der Waals surface area contributed by atoms with Gasteiger partial charge in [-0.05, 0) is 80.3 Å². The molecule has 8 heteroatoms. The first-order chi connectivity index (χ1) is 19.8. The maximum absolute atomic E-state index is 13.4. The van der Waals surface area contributed by atoms with Crippen LogP contribution in [0.2, 0.25) is 0 Å². The largest absolute Gasteiger partial charge is 0.459 e. The molecule has 3 aromatic carbocycles. The predicted octanol–water partition coefficient (Wildman–Crippen LogP) is 4.74. The van der Waals surface area contributed by atoms with E-state index in [9.17, 15) is 24.0 Å². The van der Waals surface area contributed by atoms with E-state index in [1.807, 2.05) is 0 Å². The van der Waals surface area contributed by atoms with E-state index in [0.717, 1.165) is 41.9 Å². The quantitative estimate of drug-likeness (QED) is 0.268. The van der Waals surface area contributed by atoms with Crippen molar-refractivity contribution in [3.05, 3.63) is 93.5 Å². The van der Waals surface area contributed by atoms with Gasteiger partial charge in [0.15, 0.2) is 0 Å². The van der Waals surface area contributed by atoms with E-state index in [2.05, 4.69) is 11.8 Å². The molecule has 1 aliphatic carbocycles. The minimum atomic E-state index is -0.683. The summed E-state index contributed by atoms with van der Waals surface area (Å²) in [6, 6.07) is 13.0. The number of benzene rings is 3. The van der Waals surface area contributed by atoms with Crippen LogP contribution in [0.3, 0.4) is 0 Å². The lowest BCUT2D eigenvalue weighted by atomic mass is 9.98. The highest BCUT2D eigenvalue weighted by Crippen LogP contribution is 2.36. The van der Waals surface area contributed by atoms with Crippen LogP contribution >= 0.6 is 0 Å². The van der Waals surface area contributed by atoms with Crippen molar-refractivity contribution in [2.45, 2.75) is 38.2 Å². The van der Waals surface area contributed by atoms with Crippen LogP contribution < -0.4 is 9.80 Å². The number of carbonyl (C=O) groups is 5. The summed E-state index contributed by atoms with van der Waals surface area (Å²) in [4.78, 5) is 68.8. The molecule has 2 aliphatic heterocycles. The number of carbonyl (C=O) groups excluding carboxylic acids is 5. The molecule has 2 heterocycles. The van der Waals surface area contributed by atoms with E-state index in [-0.39, 0.29) is 45.3 Å². The molecular weight excluding hydrogens is 520 g/mol. The second-order valence-electron chi connectivity index (χ2n) is 10.1. The molecule has 0 radical (unpaired) electrons. The molecule has 0 aromatic heterocycles. The van der Waals surface area contributed by atoms with Crippen molar-refractivity contribution in [2.75, 3.05) is 9.80 Å². The van der Waals surface area contributed by atoms with E-state index in [0.29, 0.717) is 11.1 Å². The Morgan fingerprint density at radius 3 is 1.59 bits per heavy atom. The maximum atomic E-state index is 13.4. The molecule has 0 atom stereocenters. The van der Waals surface area contributed by atoms with Gasteiger partial charge < -0.3 is 4.74 Å². The summed E-state index contributed by atoms with van der Waals surface area (Å²) in [7, 11) is 0. The predicted molar refractivity (Wildman–Crippen MR) is 150 cm³/mol. The topological polar surface area (TPSA) is 101 Å². The zero-order valence-electron chi connectivity index (χ0n) is 21.8. The fourth-order valence-electron chi connectivity index (χ4n) is 5.50. The van der Waals surface area contributed by atoms with Gasteiger partial charge in [-0.15, -0.1) is 12.8 Å². The van der Waals surface area contributed by atoms with Gasteiger partial charge in [0.1, 0.15) is 6.10 Å². The molecule has 0 N–H and O–H groups in total. The number of ether oxygens (including phenoxy) is 1. The molecule has 1 fully saturated rings. The first kappa shape index (κ1) is 25.8. The molecule has 6 rings (SSSR count). The van der Waals surface area contributed by atoms with Crippen molar-refractivity contribution in [3.8, 4) is 24.7 Å². The van der Waals surface area contributed by atoms with Gasteiger partial charge in [0, 0.05) is 11.1 Å².